The van der Waals surface area contributed by atoms with Crippen LogP contribution in [0.25, 0.3) is 5.69 Å². The topological polar surface area (TPSA) is 131 Å². The summed E-state index contributed by atoms with van der Waals surface area (Å²) in [6.07, 6.45) is 2.52. The summed E-state index contributed by atoms with van der Waals surface area (Å²) in [6.45, 7) is 2.49. The molecule has 0 atom stereocenters. The lowest BCUT2D eigenvalue weighted by atomic mass is 10.2. The van der Waals surface area contributed by atoms with Gasteiger partial charge in [-0.3, -0.25) is 18.6 Å². The minimum Gasteiger partial charge on any atom is -0.321 e. The molecule has 1 amide bonds. The quantitative estimate of drug-likeness (QED) is 0.299. The highest BCUT2D eigenvalue weighted by atomic mass is 35.5. The van der Waals surface area contributed by atoms with Crippen molar-refractivity contribution in [2.45, 2.75) is 36.0 Å². The van der Waals surface area contributed by atoms with Gasteiger partial charge in [0.25, 0.3) is 21.5 Å². The maximum atomic E-state index is 13.7. The lowest BCUT2D eigenvalue weighted by Crippen LogP contribution is -2.35. The zero-order valence-corrected chi connectivity index (χ0v) is 26.8. The van der Waals surface area contributed by atoms with E-state index in [1.54, 1.807) is 42.9 Å². The zero-order valence-electron chi connectivity index (χ0n) is 24.4. The minimum absolute atomic E-state index is 0.00329. The largest absolute Gasteiger partial charge is 0.321 e. The fourth-order valence-corrected chi connectivity index (χ4v) is 8.20. The number of para-hydroxylation sites is 1. The number of carbonyl (C=O) groups is 1. The van der Waals surface area contributed by atoms with Crippen LogP contribution in [0.4, 0.5) is 11.4 Å². The number of sulfonamides is 2. The summed E-state index contributed by atoms with van der Waals surface area (Å²) >= 11 is 6.31. The van der Waals surface area contributed by atoms with E-state index in [4.69, 9.17) is 11.6 Å². The van der Waals surface area contributed by atoms with Gasteiger partial charge in [-0.05, 0) is 68.3 Å². The Morgan fingerprint density at radius 2 is 1.57 bits per heavy atom. The molecule has 1 N–H and O–H groups in total. The molecule has 5 rings (SSSR count). The monoisotopic (exact) mass is 657 g/mol. The number of amides is 1. The first kappa shape index (κ1) is 31.5. The molecule has 14 heteroatoms. The Labute approximate surface area is 261 Å². The van der Waals surface area contributed by atoms with Crippen LogP contribution >= 0.6 is 11.6 Å². The molecule has 0 spiro atoms. The third-order valence-corrected chi connectivity index (χ3v) is 11.7. The van der Waals surface area contributed by atoms with Crippen LogP contribution in [0.2, 0.25) is 5.02 Å². The standard InChI is InChI=1S/C30H32ClN5O6S2/c1-21-28(30(38)36(33(21)2)23-12-6-4-7-13-23)34(3)43(39,40)24-14-10-11-22(19-24)29(37)32-27-20-25(15-16-26(27)31)44(41,42)35-17-8-5-9-18-35/h4,6-7,10-16,19-20H,5,8-9,17-18H2,1-3H3,(H,32,37). The van der Waals surface area contributed by atoms with Gasteiger partial charge in [0.15, 0.2) is 0 Å². The Bertz CT molecular complexity index is 2000. The van der Waals surface area contributed by atoms with Crippen molar-refractivity contribution < 1.29 is 21.6 Å². The third-order valence-electron chi connectivity index (χ3n) is 7.73. The van der Waals surface area contributed by atoms with E-state index in [-0.39, 0.29) is 31.8 Å². The second kappa shape index (κ2) is 12.2. The van der Waals surface area contributed by atoms with Gasteiger partial charge in [-0.25, -0.2) is 21.5 Å². The SMILES string of the molecule is Cc1c(N(C)S(=O)(=O)c2cccc(C(=O)Nc3cc(S(=O)(=O)N4CCCCC4)ccc3Cl)c2)c(=O)n(-c2ccccc2)n1C. The van der Waals surface area contributed by atoms with Gasteiger partial charge in [0.2, 0.25) is 10.0 Å². The van der Waals surface area contributed by atoms with Gasteiger partial charge in [-0.15, -0.1) is 0 Å². The molecule has 4 aromatic rings. The molecule has 1 aliphatic rings. The van der Waals surface area contributed by atoms with Crippen LogP contribution in [0, 0.1) is 6.92 Å². The Kier molecular flexibility index (Phi) is 8.76. The minimum atomic E-state index is -4.28. The van der Waals surface area contributed by atoms with Crippen LogP contribution in [0.3, 0.4) is 0 Å². The molecule has 1 fully saturated rings. The Morgan fingerprint density at radius 3 is 2.25 bits per heavy atom. The van der Waals surface area contributed by atoms with E-state index in [0.717, 1.165) is 23.6 Å². The van der Waals surface area contributed by atoms with Crippen LogP contribution in [0.15, 0.2) is 87.4 Å². The van der Waals surface area contributed by atoms with Crippen LogP contribution < -0.4 is 15.2 Å². The summed E-state index contributed by atoms with van der Waals surface area (Å²) in [4.78, 5) is 26.5. The van der Waals surface area contributed by atoms with Crippen molar-refractivity contribution in [1.82, 2.24) is 13.7 Å². The first-order valence-corrected chi connectivity index (χ1v) is 17.1. The molecule has 11 nitrogen and oxygen atoms in total. The maximum absolute atomic E-state index is 13.7. The molecule has 3 aromatic carbocycles. The summed E-state index contributed by atoms with van der Waals surface area (Å²) in [5.74, 6) is -0.693. The van der Waals surface area contributed by atoms with E-state index < -0.39 is 31.5 Å². The number of nitrogens with one attached hydrogen (secondary N) is 1. The molecular formula is C30H32ClN5O6S2. The predicted octanol–water partition coefficient (Wildman–Crippen LogP) is 4.39. The van der Waals surface area contributed by atoms with Crippen LogP contribution in [0.1, 0.15) is 35.3 Å². The number of carbonyl (C=O) groups excluding carboxylic acids is 1. The molecule has 232 valence electrons. The van der Waals surface area contributed by atoms with E-state index in [0.29, 0.717) is 24.5 Å². The molecule has 0 radical (unpaired) electrons. The fraction of sp³-hybridized carbons (Fsp3) is 0.267. The average Bonchev–Trinajstić information content (AvgIpc) is 3.25. The fourth-order valence-electron chi connectivity index (χ4n) is 5.20. The molecule has 44 heavy (non-hydrogen) atoms. The number of aromatic nitrogens is 2. The summed E-state index contributed by atoms with van der Waals surface area (Å²) in [6, 6.07) is 18.3. The number of hydrogen-bond donors (Lipinski definition) is 1. The summed E-state index contributed by atoms with van der Waals surface area (Å²) < 4.78 is 59.1. The van der Waals surface area contributed by atoms with E-state index in [2.05, 4.69) is 5.32 Å². The number of nitrogens with zero attached hydrogens (tertiary/aromatic N) is 4. The molecule has 0 saturated carbocycles. The normalized spacial score (nSPS) is 14.4. The van der Waals surface area contributed by atoms with Crippen molar-refractivity contribution in [3.05, 3.63) is 99.4 Å². The molecule has 1 aromatic heterocycles. The van der Waals surface area contributed by atoms with Gasteiger partial charge in [0.1, 0.15) is 5.69 Å². The van der Waals surface area contributed by atoms with Gasteiger partial charge >= 0.3 is 0 Å². The highest BCUT2D eigenvalue weighted by Gasteiger charge is 2.30. The second-order valence-corrected chi connectivity index (χ2v) is 14.8. The van der Waals surface area contributed by atoms with E-state index >= 15 is 0 Å². The van der Waals surface area contributed by atoms with Crippen molar-refractivity contribution in [1.29, 1.82) is 0 Å². The van der Waals surface area contributed by atoms with Crippen LogP contribution in [-0.2, 0) is 27.1 Å². The van der Waals surface area contributed by atoms with Crippen molar-refractivity contribution in [2.75, 3.05) is 29.8 Å². The predicted molar refractivity (Wildman–Crippen MR) is 170 cm³/mol. The molecule has 0 unspecified atom stereocenters. The lowest BCUT2D eigenvalue weighted by Gasteiger charge is -2.26. The van der Waals surface area contributed by atoms with Crippen molar-refractivity contribution >= 4 is 48.9 Å². The summed E-state index contributed by atoms with van der Waals surface area (Å²) in [7, 11) is -5.11. The Morgan fingerprint density at radius 1 is 0.886 bits per heavy atom. The first-order valence-electron chi connectivity index (χ1n) is 13.9. The van der Waals surface area contributed by atoms with Gasteiger partial charge < -0.3 is 5.32 Å². The summed E-state index contributed by atoms with van der Waals surface area (Å²) in [5, 5.41) is 2.73. The molecule has 1 saturated heterocycles. The number of anilines is 2. The van der Waals surface area contributed by atoms with Gasteiger partial charge in [0, 0.05) is 32.7 Å². The van der Waals surface area contributed by atoms with E-state index in [1.807, 2.05) is 6.07 Å². The molecule has 0 bridgehead atoms. The first-order chi connectivity index (χ1) is 20.8. The van der Waals surface area contributed by atoms with Crippen LogP contribution in [-0.4, -0.2) is 56.5 Å². The maximum Gasteiger partial charge on any atom is 0.296 e. The number of piperidine rings is 1. The molecule has 1 aliphatic heterocycles. The highest BCUT2D eigenvalue weighted by molar-refractivity contribution is 7.92. The van der Waals surface area contributed by atoms with Crippen molar-refractivity contribution in [3.8, 4) is 5.69 Å². The zero-order chi connectivity index (χ0) is 31.8. The number of halogens is 1. The van der Waals surface area contributed by atoms with E-state index in [9.17, 15) is 26.4 Å². The number of benzene rings is 3. The smallest absolute Gasteiger partial charge is 0.296 e. The third kappa shape index (κ3) is 5.80. The second-order valence-electron chi connectivity index (χ2n) is 10.5. The van der Waals surface area contributed by atoms with Crippen molar-refractivity contribution in [2.24, 2.45) is 7.05 Å². The number of hydrogen-bond acceptors (Lipinski definition) is 6. The number of rotatable bonds is 8. The van der Waals surface area contributed by atoms with Gasteiger partial charge in [0.05, 0.1) is 31.9 Å². The Balaban J connectivity index is 1.43. The van der Waals surface area contributed by atoms with E-state index in [1.165, 1.54) is 58.5 Å². The Hall–Kier alpha value is -3.91. The molecule has 0 aliphatic carbocycles. The van der Waals surface area contributed by atoms with Crippen molar-refractivity contribution in [3.63, 3.8) is 0 Å². The average molecular weight is 658 g/mol. The highest BCUT2D eigenvalue weighted by Crippen LogP contribution is 2.29. The molecule has 2 heterocycles. The lowest BCUT2D eigenvalue weighted by molar-refractivity contribution is 0.102. The van der Waals surface area contributed by atoms with Gasteiger partial charge in [-0.1, -0.05) is 42.3 Å². The summed E-state index contributed by atoms with van der Waals surface area (Å²) in [5.41, 5.74) is 0.501. The van der Waals surface area contributed by atoms with Crippen LogP contribution in [0.5, 0.6) is 0 Å². The van der Waals surface area contributed by atoms with Gasteiger partial charge in [-0.2, -0.15) is 4.31 Å². The molecular weight excluding hydrogens is 626 g/mol.